The van der Waals surface area contributed by atoms with Gasteiger partial charge in [0.05, 0.1) is 0 Å². The molecule has 10 heavy (non-hydrogen) atoms. The molecule has 6 nitrogen and oxygen atoms in total. The molecule has 1 aromatic rings. The molecule has 0 unspecified atom stereocenters. The fourth-order valence-electron chi connectivity index (χ4n) is 0.501. The molecule has 0 fully saturated rings. The Morgan fingerprint density at radius 2 is 2.50 bits per heavy atom. The van der Waals surface area contributed by atoms with Crippen LogP contribution in [0.4, 0.5) is 5.95 Å². The zero-order chi connectivity index (χ0) is 7.40. The van der Waals surface area contributed by atoms with Gasteiger partial charge in [-0.3, -0.25) is 10.4 Å². The van der Waals surface area contributed by atoms with Gasteiger partial charge < -0.3 is 0 Å². The number of rotatable bonds is 3. The minimum absolute atomic E-state index is 0.319. The molecule has 0 aliphatic heterocycles. The van der Waals surface area contributed by atoms with Crippen LogP contribution in [0.25, 0.3) is 0 Å². The topological polar surface area (TPSA) is 85.6 Å². The van der Waals surface area contributed by atoms with E-state index in [0.717, 1.165) is 6.54 Å². The van der Waals surface area contributed by atoms with Gasteiger partial charge in [-0.05, 0) is 0 Å². The maximum atomic E-state index is 10.4. The molecule has 0 aliphatic rings. The van der Waals surface area contributed by atoms with Crippen molar-refractivity contribution >= 4 is 5.95 Å². The van der Waals surface area contributed by atoms with E-state index in [-0.39, 0.29) is 5.69 Å². The number of hydrogen-bond donors (Lipinski definition) is 4. The molecule has 0 radical (unpaired) electrons. The molecule has 1 rings (SSSR count). The Bertz CT molecular complexity index is 238. The Hall–Kier alpha value is -1.30. The van der Waals surface area contributed by atoms with Gasteiger partial charge in [0.25, 0.3) is 0 Å². The summed E-state index contributed by atoms with van der Waals surface area (Å²) in [6, 6.07) is 0. The zero-order valence-corrected chi connectivity index (χ0v) is 5.56. The molecule has 0 aliphatic carbocycles. The van der Waals surface area contributed by atoms with Gasteiger partial charge in [-0.25, -0.2) is 15.3 Å². The fourth-order valence-corrected chi connectivity index (χ4v) is 0.501. The minimum Gasteiger partial charge on any atom is -0.290 e. The van der Waals surface area contributed by atoms with Crippen LogP contribution in [0, 0.1) is 0 Å². The molecule has 0 spiro atoms. The second-order valence-corrected chi connectivity index (χ2v) is 1.68. The predicted molar refractivity (Wildman–Crippen MR) is 36.5 cm³/mol. The number of anilines is 1. The van der Waals surface area contributed by atoms with Gasteiger partial charge in [0.2, 0.25) is 5.95 Å². The third kappa shape index (κ3) is 1.59. The van der Waals surface area contributed by atoms with Crippen LogP contribution in [0.15, 0.2) is 4.79 Å². The van der Waals surface area contributed by atoms with Gasteiger partial charge >= 0.3 is 5.69 Å². The van der Waals surface area contributed by atoms with E-state index in [1.807, 2.05) is 6.92 Å². The number of nitrogens with zero attached hydrogens (tertiary/aromatic N) is 1. The van der Waals surface area contributed by atoms with Crippen LogP contribution in [0.3, 0.4) is 0 Å². The second-order valence-electron chi connectivity index (χ2n) is 1.68. The molecule has 0 atom stereocenters. The summed E-state index contributed by atoms with van der Waals surface area (Å²) in [6.07, 6.45) is 0. The molecule has 1 aromatic heterocycles. The lowest BCUT2D eigenvalue weighted by atomic mass is 10.8. The first-order valence-corrected chi connectivity index (χ1v) is 2.96. The highest BCUT2D eigenvalue weighted by Gasteiger charge is 1.91. The first-order valence-electron chi connectivity index (χ1n) is 2.96. The van der Waals surface area contributed by atoms with Crippen molar-refractivity contribution in [1.29, 1.82) is 0 Å². The highest BCUT2D eigenvalue weighted by molar-refractivity contribution is 5.17. The highest BCUT2D eigenvalue weighted by atomic mass is 16.1. The summed E-state index contributed by atoms with van der Waals surface area (Å²) in [7, 11) is 0. The van der Waals surface area contributed by atoms with Crippen molar-refractivity contribution in [2.24, 2.45) is 0 Å². The molecule has 0 saturated carbocycles. The Morgan fingerprint density at radius 3 is 3.00 bits per heavy atom. The van der Waals surface area contributed by atoms with E-state index in [0.29, 0.717) is 5.95 Å². The van der Waals surface area contributed by atoms with Crippen molar-refractivity contribution in [2.45, 2.75) is 6.92 Å². The van der Waals surface area contributed by atoms with Gasteiger partial charge in [-0.1, -0.05) is 6.92 Å². The molecule has 0 aromatic carbocycles. The lowest BCUT2D eigenvalue weighted by Crippen LogP contribution is -2.21. The SMILES string of the molecule is CCNNc1n[nH]c(=O)[nH]1. The second kappa shape index (κ2) is 3.02. The lowest BCUT2D eigenvalue weighted by Gasteiger charge is -1.98. The van der Waals surface area contributed by atoms with E-state index < -0.39 is 0 Å². The monoisotopic (exact) mass is 143 g/mol. The third-order valence-electron chi connectivity index (χ3n) is 0.885. The summed E-state index contributed by atoms with van der Waals surface area (Å²) in [4.78, 5) is 12.8. The quantitative estimate of drug-likeness (QED) is 0.410. The van der Waals surface area contributed by atoms with Crippen LogP contribution in [0.1, 0.15) is 6.92 Å². The van der Waals surface area contributed by atoms with Gasteiger partial charge in [-0.15, -0.1) is 5.10 Å². The van der Waals surface area contributed by atoms with Crippen molar-refractivity contribution in [1.82, 2.24) is 20.6 Å². The van der Waals surface area contributed by atoms with Gasteiger partial charge in [-0.2, -0.15) is 0 Å². The summed E-state index contributed by atoms with van der Waals surface area (Å²) in [6.45, 7) is 2.69. The molecule has 0 bridgehead atoms. The lowest BCUT2D eigenvalue weighted by molar-refractivity contribution is 0.826. The smallest absolute Gasteiger partial charge is 0.290 e. The van der Waals surface area contributed by atoms with E-state index >= 15 is 0 Å². The largest absolute Gasteiger partial charge is 0.342 e. The number of aromatic nitrogens is 3. The van der Waals surface area contributed by atoms with Crippen LogP contribution in [0.2, 0.25) is 0 Å². The van der Waals surface area contributed by atoms with E-state index in [9.17, 15) is 4.79 Å². The van der Waals surface area contributed by atoms with Crippen LogP contribution in [0.5, 0.6) is 0 Å². The third-order valence-corrected chi connectivity index (χ3v) is 0.885. The Labute approximate surface area is 57.0 Å². The molecule has 6 heteroatoms. The van der Waals surface area contributed by atoms with Gasteiger partial charge in [0.1, 0.15) is 0 Å². The number of hydrogen-bond acceptors (Lipinski definition) is 4. The van der Waals surface area contributed by atoms with E-state index in [1.54, 1.807) is 0 Å². The number of hydrazine groups is 1. The van der Waals surface area contributed by atoms with Crippen LogP contribution in [-0.4, -0.2) is 21.7 Å². The first-order chi connectivity index (χ1) is 4.83. The molecule has 56 valence electrons. The summed E-state index contributed by atoms with van der Waals surface area (Å²) in [5.74, 6) is 0.395. The minimum atomic E-state index is -0.319. The summed E-state index contributed by atoms with van der Waals surface area (Å²) < 4.78 is 0. The summed E-state index contributed by atoms with van der Waals surface area (Å²) in [5.41, 5.74) is 5.12. The van der Waals surface area contributed by atoms with Crippen molar-refractivity contribution in [2.75, 3.05) is 12.0 Å². The van der Waals surface area contributed by atoms with E-state index in [2.05, 4.69) is 26.0 Å². The van der Waals surface area contributed by atoms with Crippen LogP contribution < -0.4 is 16.5 Å². The number of aromatic amines is 2. The Morgan fingerprint density at radius 1 is 1.70 bits per heavy atom. The molecular formula is C4H9N5O. The highest BCUT2D eigenvalue weighted by Crippen LogP contribution is 1.82. The van der Waals surface area contributed by atoms with Crippen molar-refractivity contribution in [3.8, 4) is 0 Å². The Kier molecular flexibility index (Phi) is 2.06. The number of nitrogens with one attached hydrogen (secondary N) is 4. The average molecular weight is 143 g/mol. The van der Waals surface area contributed by atoms with Crippen molar-refractivity contribution < 1.29 is 0 Å². The van der Waals surface area contributed by atoms with Crippen molar-refractivity contribution in [3.63, 3.8) is 0 Å². The molecule has 0 amide bonds. The average Bonchev–Trinajstić information content (AvgIpc) is 2.31. The summed E-state index contributed by atoms with van der Waals surface area (Å²) >= 11 is 0. The molecule has 1 heterocycles. The number of H-pyrrole nitrogens is 2. The fraction of sp³-hybridized carbons (Fsp3) is 0.500. The molecule has 4 N–H and O–H groups in total. The molecular weight excluding hydrogens is 134 g/mol. The molecule has 0 saturated heterocycles. The van der Waals surface area contributed by atoms with Gasteiger partial charge in [0.15, 0.2) is 0 Å². The summed E-state index contributed by atoms with van der Waals surface area (Å²) in [5, 5.41) is 5.80. The van der Waals surface area contributed by atoms with E-state index in [1.165, 1.54) is 0 Å². The maximum Gasteiger partial charge on any atom is 0.342 e. The van der Waals surface area contributed by atoms with Crippen LogP contribution >= 0.6 is 0 Å². The zero-order valence-electron chi connectivity index (χ0n) is 5.56. The first kappa shape index (κ1) is 6.81. The van der Waals surface area contributed by atoms with Crippen LogP contribution in [-0.2, 0) is 0 Å². The van der Waals surface area contributed by atoms with E-state index in [4.69, 9.17) is 0 Å². The van der Waals surface area contributed by atoms with Gasteiger partial charge in [0, 0.05) is 6.54 Å². The Balaban J connectivity index is 2.50. The predicted octanol–water partition coefficient (Wildman–Crippen LogP) is -0.966. The standard InChI is InChI=1S/C4H9N5O/c1-2-5-7-3-6-4(10)9-8-3/h5H,2H2,1H3,(H3,6,7,8,9,10). The normalized spacial score (nSPS) is 9.70. The maximum absolute atomic E-state index is 10.4. The van der Waals surface area contributed by atoms with Crippen molar-refractivity contribution in [3.05, 3.63) is 10.5 Å².